The fourth-order valence-corrected chi connectivity index (χ4v) is 2.84. The average molecular weight is 274 g/mol. The number of carbonyl (C=O) groups excluding carboxylic acids is 1. The Morgan fingerprint density at radius 2 is 1.94 bits per heavy atom. The van der Waals surface area contributed by atoms with Crippen molar-refractivity contribution in [2.24, 2.45) is 0 Å². The molecule has 3 rings (SSSR count). The predicted octanol–water partition coefficient (Wildman–Crippen LogP) is 4.18. The van der Waals surface area contributed by atoms with E-state index in [9.17, 15) is 4.79 Å². The minimum Gasteiger partial charge on any atom is -0.286 e. The van der Waals surface area contributed by atoms with Crippen molar-refractivity contribution < 1.29 is 4.79 Å². The monoisotopic (exact) mass is 273 g/mol. The molecule has 2 heterocycles. The molecule has 3 aromatic rings. The van der Waals surface area contributed by atoms with Crippen LogP contribution in [0.25, 0.3) is 10.8 Å². The van der Waals surface area contributed by atoms with E-state index in [1.807, 2.05) is 30.3 Å². The maximum absolute atomic E-state index is 12.4. The van der Waals surface area contributed by atoms with Gasteiger partial charge >= 0.3 is 0 Å². The van der Waals surface area contributed by atoms with Gasteiger partial charge in [-0.05, 0) is 23.6 Å². The maximum Gasteiger partial charge on any atom is 0.221 e. The standard InChI is InChI=1S/C14H8ClNOS/c15-12-6-5-11(18-12)14(17)13-10-4-2-1-3-9(10)7-8-16-13/h1-8H. The number of aromatic nitrogens is 1. The molecular formula is C14H8ClNOS. The van der Waals surface area contributed by atoms with Gasteiger partial charge in [-0.3, -0.25) is 9.78 Å². The first-order valence-electron chi connectivity index (χ1n) is 5.39. The topological polar surface area (TPSA) is 30.0 Å². The van der Waals surface area contributed by atoms with E-state index in [0.29, 0.717) is 14.9 Å². The lowest BCUT2D eigenvalue weighted by atomic mass is 10.1. The highest BCUT2D eigenvalue weighted by atomic mass is 35.5. The van der Waals surface area contributed by atoms with Crippen molar-refractivity contribution >= 4 is 39.5 Å². The predicted molar refractivity (Wildman–Crippen MR) is 74.5 cm³/mol. The SMILES string of the molecule is O=C(c1ccc(Cl)s1)c1nccc2ccccc12. The smallest absolute Gasteiger partial charge is 0.221 e. The Labute approximate surface area is 113 Å². The van der Waals surface area contributed by atoms with Crippen molar-refractivity contribution in [3.05, 3.63) is 63.6 Å². The lowest BCUT2D eigenvalue weighted by molar-refractivity contribution is 0.103. The summed E-state index contributed by atoms with van der Waals surface area (Å²) >= 11 is 7.13. The van der Waals surface area contributed by atoms with Crippen LogP contribution in [0.15, 0.2) is 48.7 Å². The average Bonchev–Trinajstić information content (AvgIpc) is 2.84. The van der Waals surface area contributed by atoms with Crippen LogP contribution < -0.4 is 0 Å². The molecule has 0 aliphatic rings. The molecule has 0 amide bonds. The van der Waals surface area contributed by atoms with Crippen LogP contribution in [0.5, 0.6) is 0 Å². The Balaban J connectivity index is 2.17. The molecule has 18 heavy (non-hydrogen) atoms. The van der Waals surface area contributed by atoms with Crippen molar-refractivity contribution in [3.63, 3.8) is 0 Å². The number of carbonyl (C=O) groups is 1. The Bertz CT molecular complexity index is 730. The van der Waals surface area contributed by atoms with Gasteiger partial charge in [0.1, 0.15) is 5.69 Å². The van der Waals surface area contributed by atoms with Crippen LogP contribution in [0.1, 0.15) is 15.4 Å². The second-order valence-electron chi connectivity index (χ2n) is 3.81. The first kappa shape index (κ1) is 11.4. The fourth-order valence-electron chi connectivity index (χ4n) is 1.85. The zero-order chi connectivity index (χ0) is 12.5. The number of ketones is 1. The number of pyridine rings is 1. The fraction of sp³-hybridized carbons (Fsp3) is 0. The van der Waals surface area contributed by atoms with Crippen LogP contribution in [0, 0.1) is 0 Å². The molecule has 0 bridgehead atoms. The van der Waals surface area contributed by atoms with E-state index in [-0.39, 0.29) is 5.78 Å². The van der Waals surface area contributed by atoms with Crippen molar-refractivity contribution in [3.8, 4) is 0 Å². The van der Waals surface area contributed by atoms with Gasteiger partial charge in [0.15, 0.2) is 0 Å². The number of hydrogen-bond acceptors (Lipinski definition) is 3. The largest absolute Gasteiger partial charge is 0.286 e. The highest BCUT2D eigenvalue weighted by Crippen LogP contribution is 2.26. The molecule has 2 nitrogen and oxygen atoms in total. The van der Waals surface area contributed by atoms with Gasteiger partial charge in [0.05, 0.1) is 9.21 Å². The van der Waals surface area contributed by atoms with Gasteiger partial charge in [0.2, 0.25) is 5.78 Å². The van der Waals surface area contributed by atoms with E-state index in [2.05, 4.69) is 4.98 Å². The summed E-state index contributed by atoms with van der Waals surface area (Å²) < 4.78 is 0.610. The molecule has 2 aromatic heterocycles. The number of halogens is 1. The van der Waals surface area contributed by atoms with Gasteiger partial charge in [0.25, 0.3) is 0 Å². The summed E-state index contributed by atoms with van der Waals surface area (Å²) in [6.45, 7) is 0. The third kappa shape index (κ3) is 1.92. The summed E-state index contributed by atoms with van der Waals surface area (Å²) in [5.74, 6) is -0.0799. The molecule has 0 saturated heterocycles. The van der Waals surface area contributed by atoms with E-state index in [4.69, 9.17) is 11.6 Å². The van der Waals surface area contributed by atoms with E-state index in [0.717, 1.165) is 10.8 Å². The van der Waals surface area contributed by atoms with Crippen molar-refractivity contribution in [1.82, 2.24) is 4.98 Å². The Morgan fingerprint density at radius 1 is 1.11 bits per heavy atom. The molecule has 0 unspecified atom stereocenters. The van der Waals surface area contributed by atoms with Crippen molar-refractivity contribution in [2.75, 3.05) is 0 Å². The summed E-state index contributed by atoms with van der Waals surface area (Å²) in [6.07, 6.45) is 1.66. The molecule has 0 N–H and O–H groups in total. The Kier molecular flexibility index (Phi) is 2.86. The van der Waals surface area contributed by atoms with E-state index in [1.165, 1.54) is 11.3 Å². The number of rotatable bonds is 2. The maximum atomic E-state index is 12.4. The summed E-state index contributed by atoms with van der Waals surface area (Å²) in [7, 11) is 0. The minimum atomic E-state index is -0.0799. The molecule has 88 valence electrons. The number of hydrogen-bond donors (Lipinski definition) is 0. The molecule has 0 radical (unpaired) electrons. The molecule has 0 atom stereocenters. The Morgan fingerprint density at radius 3 is 2.72 bits per heavy atom. The molecular weight excluding hydrogens is 266 g/mol. The van der Waals surface area contributed by atoms with Crippen LogP contribution in [0.2, 0.25) is 4.34 Å². The third-order valence-corrected chi connectivity index (χ3v) is 3.92. The summed E-state index contributed by atoms with van der Waals surface area (Å²) in [5.41, 5.74) is 0.478. The lowest BCUT2D eigenvalue weighted by Gasteiger charge is -2.02. The van der Waals surface area contributed by atoms with Crippen LogP contribution in [-0.4, -0.2) is 10.8 Å². The molecule has 0 aliphatic heterocycles. The summed E-state index contributed by atoms with van der Waals surface area (Å²) in [6, 6.07) is 13.1. The number of nitrogens with zero attached hydrogens (tertiary/aromatic N) is 1. The van der Waals surface area contributed by atoms with E-state index in [1.54, 1.807) is 18.3 Å². The van der Waals surface area contributed by atoms with Crippen molar-refractivity contribution in [1.29, 1.82) is 0 Å². The van der Waals surface area contributed by atoms with Gasteiger partial charge in [-0.2, -0.15) is 0 Å². The number of fused-ring (bicyclic) bond motifs is 1. The molecule has 4 heteroatoms. The number of thiophene rings is 1. The first-order valence-corrected chi connectivity index (χ1v) is 6.59. The van der Waals surface area contributed by atoms with Gasteiger partial charge in [-0.15, -0.1) is 11.3 Å². The quantitative estimate of drug-likeness (QED) is 0.656. The minimum absolute atomic E-state index is 0.0799. The van der Waals surface area contributed by atoms with Crippen LogP contribution in [0.4, 0.5) is 0 Å². The van der Waals surface area contributed by atoms with Crippen LogP contribution in [0.3, 0.4) is 0 Å². The highest BCUT2D eigenvalue weighted by molar-refractivity contribution is 7.18. The van der Waals surface area contributed by atoms with Gasteiger partial charge < -0.3 is 0 Å². The summed E-state index contributed by atoms with van der Waals surface area (Å²) in [4.78, 5) is 17.2. The summed E-state index contributed by atoms with van der Waals surface area (Å²) in [5, 5.41) is 1.88. The second kappa shape index (κ2) is 4.52. The molecule has 0 aliphatic carbocycles. The Hall–Kier alpha value is -1.71. The van der Waals surface area contributed by atoms with Gasteiger partial charge in [0, 0.05) is 11.6 Å². The first-order chi connectivity index (χ1) is 8.75. The molecule has 1 aromatic carbocycles. The zero-order valence-corrected chi connectivity index (χ0v) is 10.8. The van der Waals surface area contributed by atoms with Gasteiger partial charge in [-0.25, -0.2) is 0 Å². The number of benzene rings is 1. The van der Waals surface area contributed by atoms with E-state index < -0.39 is 0 Å². The lowest BCUT2D eigenvalue weighted by Crippen LogP contribution is -2.02. The van der Waals surface area contributed by atoms with Crippen molar-refractivity contribution in [2.45, 2.75) is 0 Å². The molecule has 0 spiro atoms. The second-order valence-corrected chi connectivity index (χ2v) is 5.53. The van der Waals surface area contributed by atoms with Gasteiger partial charge in [-0.1, -0.05) is 35.9 Å². The zero-order valence-electron chi connectivity index (χ0n) is 9.26. The highest BCUT2D eigenvalue weighted by Gasteiger charge is 2.15. The normalized spacial score (nSPS) is 10.7. The molecule has 0 fully saturated rings. The molecule has 0 saturated carbocycles. The third-order valence-electron chi connectivity index (χ3n) is 2.69. The van der Waals surface area contributed by atoms with E-state index >= 15 is 0 Å². The van der Waals surface area contributed by atoms with Crippen LogP contribution >= 0.6 is 22.9 Å². The van der Waals surface area contributed by atoms with Crippen LogP contribution in [-0.2, 0) is 0 Å².